The number of amides is 2. The lowest BCUT2D eigenvalue weighted by Gasteiger charge is -2.21. The molecule has 7 nitrogen and oxygen atoms in total. The van der Waals surface area contributed by atoms with E-state index in [4.69, 9.17) is 0 Å². The van der Waals surface area contributed by atoms with E-state index >= 15 is 0 Å². The standard InChI is InChI=1S/C25H35N5O2S/c31-24(27-17-19-9-3-1-4-10-19)18-33-21-12-7-6-11-20(21)25(32)26-15-14-23-29-28-22-13-5-2-8-16-30(22)23/h6-7,11-12,19H,1-5,8-10,13-18H2,(H,26,32)(H,27,31). The second-order valence-electron chi connectivity index (χ2n) is 9.09. The zero-order valence-electron chi connectivity index (χ0n) is 19.4. The SMILES string of the molecule is O=C(CSc1ccccc1C(=O)NCCc1nnc2n1CCCCC2)NCC1CCCCC1. The lowest BCUT2D eigenvalue weighted by molar-refractivity contribution is -0.118. The van der Waals surface area contributed by atoms with Gasteiger partial charge in [0, 0.05) is 37.4 Å². The Balaban J connectivity index is 1.25. The van der Waals surface area contributed by atoms with Crippen LogP contribution >= 0.6 is 11.8 Å². The molecule has 1 saturated carbocycles. The van der Waals surface area contributed by atoms with Crippen LogP contribution in [0.5, 0.6) is 0 Å². The van der Waals surface area contributed by atoms with Crippen LogP contribution in [0.4, 0.5) is 0 Å². The number of hydrogen-bond donors (Lipinski definition) is 2. The number of benzene rings is 1. The zero-order valence-corrected chi connectivity index (χ0v) is 20.2. The maximum Gasteiger partial charge on any atom is 0.252 e. The van der Waals surface area contributed by atoms with Gasteiger partial charge >= 0.3 is 0 Å². The summed E-state index contributed by atoms with van der Waals surface area (Å²) in [6.07, 6.45) is 11.5. The van der Waals surface area contributed by atoms with Crippen molar-refractivity contribution < 1.29 is 9.59 Å². The van der Waals surface area contributed by atoms with Crippen LogP contribution < -0.4 is 10.6 Å². The first-order valence-electron chi connectivity index (χ1n) is 12.4. The number of nitrogens with one attached hydrogen (secondary N) is 2. The van der Waals surface area contributed by atoms with E-state index in [0.717, 1.165) is 42.5 Å². The van der Waals surface area contributed by atoms with Gasteiger partial charge in [0.05, 0.1) is 11.3 Å². The highest BCUT2D eigenvalue weighted by molar-refractivity contribution is 8.00. The molecular formula is C25H35N5O2S. The van der Waals surface area contributed by atoms with Crippen LogP contribution in [-0.4, -0.2) is 45.4 Å². The van der Waals surface area contributed by atoms with Crippen LogP contribution in [0.1, 0.15) is 73.4 Å². The fourth-order valence-electron chi connectivity index (χ4n) is 4.74. The molecule has 178 valence electrons. The van der Waals surface area contributed by atoms with Gasteiger partial charge in [-0.2, -0.15) is 0 Å². The molecule has 2 aliphatic rings. The summed E-state index contributed by atoms with van der Waals surface area (Å²) in [7, 11) is 0. The van der Waals surface area contributed by atoms with Gasteiger partial charge in [0.25, 0.3) is 5.91 Å². The Bertz CT molecular complexity index is 939. The molecule has 2 aromatic rings. The second-order valence-corrected chi connectivity index (χ2v) is 10.1. The Kier molecular flexibility index (Phi) is 8.80. The van der Waals surface area contributed by atoms with Crippen LogP contribution in [0.25, 0.3) is 0 Å². The van der Waals surface area contributed by atoms with E-state index in [0.29, 0.717) is 30.2 Å². The first-order chi connectivity index (χ1) is 16.2. The Morgan fingerprint density at radius 3 is 2.70 bits per heavy atom. The second kappa shape index (κ2) is 12.2. The Labute approximate surface area is 200 Å². The predicted molar refractivity (Wildman–Crippen MR) is 130 cm³/mol. The summed E-state index contributed by atoms with van der Waals surface area (Å²) < 4.78 is 2.22. The maximum absolute atomic E-state index is 12.8. The van der Waals surface area contributed by atoms with E-state index in [1.807, 2.05) is 24.3 Å². The van der Waals surface area contributed by atoms with Crippen molar-refractivity contribution in [2.45, 2.75) is 75.6 Å². The van der Waals surface area contributed by atoms with Crippen LogP contribution in [-0.2, 0) is 24.2 Å². The molecule has 0 spiro atoms. The minimum absolute atomic E-state index is 0.0354. The molecular weight excluding hydrogens is 434 g/mol. The van der Waals surface area contributed by atoms with E-state index in [9.17, 15) is 9.59 Å². The molecule has 0 unspecified atom stereocenters. The lowest BCUT2D eigenvalue weighted by atomic mass is 9.89. The smallest absolute Gasteiger partial charge is 0.252 e. The molecule has 8 heteroatoms. The number of carbonyl (C=O) groups is 2. The average Bonchev–Trinajstić information content (AvgIpc) is 3.07. The van der Waals surface area contributed by atoms with Crippen LogP contribution in [0.15, 0.2) is 29.2 Å². The van der Waals surface area contributed by atoms with Crippen molar-refractivity contribution in [2.75, 3.05) is 18.8 Å². The van der Waals surface area contributed by atoms with E-state index in [2.05, 4.69) is 25.4 Å². The summed E-state index contributed by atoms with van der Waals surface area (Å²) in [4.78, 5) is 26.0. The Morgan fingerprint density at radius 2 is 1.82 bits per heavy atom. The van der Waals surface area contributed by atoms with E-state index in [-0.39, 0.29) is 11.8 Å². The summed E-state index contributed by atoms with van der Waals surface area (Å²) in [6, 6.07) is 7.50. The molecule has 1 aromatic heterocycles. The summed E-state index contributed by atoms with van der Waals surface area (Å²) in [5.74, 6) is 2.88. The largest absolute Gasteiger partial charge is 0.355 e. The van der Waals surface area contributed by atoms with Crippen molar-refractivity contribution in [1.29, 1.82) is 0 Å². The molecule has 1 fully saturated rings. The first kappa shape index (κ1) is 23.8. The van der Waals surface area contributed by atoms with Gasteiger partial charge in [0.15, 0.2) is 0 Å². The van der Waals surface area contributed by atoms with Crippen molar-refractivity contribution in [3.63, 3.8) is 0 Å². The van der Waals surface area contributed by atoms with Gasteiger partial charge in [-0.1, -0.05) is 37.8 Å². The van der Waals surface area contributed by atoms with Crippen molar-refractivity contribution in [3.8, 4) is 0 Å². The minimum atomic E-state index is -0.115. The number of thioether (sulfide) groups is 1. The summed E-state index contributed by atoms with van der Waals surface area (Å²) >= 11 is 1.42. The quantitative estimate of drug-likeness (QED) is 0.546. The van der Waals surface area contributed by atoms with E-state index in [1.54, 1.807) is 0 Å². The summed E-state index contributed by atoms with van der Waals surface area (Å²) in [5, 5.41) is 14.8. The van der Waals surface area contributed by atoms with Crippen LogP contribution in [0.3, 0.4) is 0 Å². The average molecular weight is 470 g/mol. The van der Waals surface area contributed by atoms with Gasteiger partial charge in [-0.05, 0) is 43.7 Å². The summed E-state index contributed by atoms with van der Waals surface area (Å²) in [5.41, 5.74) is 0.614. The molecule has 2 amide bonds. The number of aromatic nitrogens is 3. The number of fused-ring (bicyclic) bond motifs is 1. The highest BCUT2D eigenvalue weighted by Gasteiger charge is 2.17. The van der Waals surface area contributed by atoms with Crippen molar-refractivity contribution >= 4 is 23.6 Å². The maximum atomic E-state index is 12.8. The third kappa shape index (κ3) is 6.82. The van der Waals surface area contributed by atoms with Gasteiger partial charge in [0.2, 0.25) is 5.91 Å². The predicted octanol–water partition coefficient (Wildman–Crippen LogP) is 3.77. The van der Waals surface area contributed by atoms with Gasteiger partial charge in [-0.15, -0.1) is 22.0 Å². The first-order valence-corrected chi connectivity index (χ1v) is 13.4. The molecule has 1 aliphatic heterocycles. The molecule has 0 saturated heterocycles. The molecule has 1 aromatic carbocycles. The fourth-order valence-corrected chi connectivity index (χ4v) is 5.62. The highest BCUT2D eigenvalue weighted by atomic mass is 32.2. The highest BCUT2D eigenvalue weighted by Crippen LogP contribution is 2.24. The Morgan fingerprint density at radius 1 is 1.00 bits per heavy atom. The normalized spacial score (nSPS) is 16.6. The lowest BCUT2D eigenvalue weighted by Crippen LogP contribution is -2.31. The van der Waals surface area contributed by atoms with Crippen LogP contribution in [0, 0.1) is 5.92 Å². The minimum Gasteiger partial charge on any atom is -0.355 e. The van der Waals surface area contributed by atoms with E-state index < -0.39 is 0 Å². The monoisotopic (exact) mass is 469 g/mol. The summed E-state index contributed by atoms with van der Waals surface area (Å²) in [6.45, 7) is 2.25. The number of carbonyl (C=O) groups excluding carboxylic acids is 2. The number of hydrogen-bond acceptors (Lipinski definition) is 5. The fraction of sp³-hybridized carbons (Fsp3) is 0.600. The number of nitrogens with zero attached hydrogens (tertiary/aromatic N) is 3. The molecule has 2 heterocycles. The third-order valence-corrected chi connectivity index (χ3v) is 7.70. The van der Waals surface area contributed by atoms with Gasteiger partial charge in [-0.3, -0.25) is 9.59 Å². The number of rotatable bonds is 9. The van der Waals surface area contributed by atoms with Crippen molar-refractivity contribution in [1.82, 2.24) is 25.4 Å². The van der Waals surface area contributed by atoms with Crippen LogP contribution in [0.2, 0.25) is 0 Å². The molecule has 2 N–H and O–H groups in total. The molecule has 1 aliphatic carbocycles. The number of aryl methyl sites for hydroxylation is 1. The molecule has 0 atom stereocenters. The molecule has 33 heavy (non-hydrogen) atoms. The van der Waals surface area contributed by atoms with Crippen molar-refractivity contribution in [2.24, 2.45) is 5.92 Å². The third-order valence-electron chi connectivity index (χ3n) is 6.62. The molecule has 4 rings (SSSR count). The zero-order chi connectivity index (χ0) is 22.9. The van der Waals surface area contributed by atoms with Gasteiger partial charge < -0.3 is 15.2 Å². The van der Waals surface area contributed by atoms with Gasteiger partial charge in [-0.25, -0.2) is 0 Å². The van der Waals surface area contributed by atoms with Crippen molar-refractivity contribution in [3.05, 3.63) is 41.5 Å². The molecule has 0 radical (unpaired) electrons. The Hall–Kier alpha value is -2.35. The molecule has 0 bridgehead atoms. The van der Waals surface area contributed by atoms with Gasteiger partial charge in [0.1, 0.15) is 11.6 Å². The topological polar surface area (TPSA) is 88.9 Å². The van der Waals surface area contributed by atoms with E-state index in [1.165, 1.54) is 56.7 Å².